The van der Waals surface area contributed by atoms with Crippen molar-refractivity contribution in [2.24, 2.45) is 17.4 Å². The molecule has 0 aromatic heterocycles. The van der Waals surface area contributed by atoms with Crippen LogP contribution in [0.2, 0.25) is 0 Å². The summed E-state index contributed by atoms with van der Waals surface area (Å²) in [5, 5.41) is 0. The van der Waals surface area contributed by atoms with Gasteiger partial charge >= 0.3 is 5.97 Å². The minimum absolute atomic E-state index is 0.316. The van der Waals surface area contributed by atoms with Crippen LogP contribution in [0.1, 0.15) is 20.3 Å². The van der Waals surface area contributed by atoms with Crippen molar-refractivity contribution in [2.75, 3.05) is 6.61 Å². The first-order valence-electron chi connectivity index (χ1n) is 4.14. The van der Waals surface area contributed by atoms with E-state index >= 15 is 0 Å². The Morgan fingerprint density at radius 1 is 1.38 bits per heavy atom. The fourth-order valence-corrected chi connectivity index (χ4v) is 0.853. The topological polar surface area (TPSA) is 95.4 Å². The predicted molar refractivity (Wildman–Crippen MR) is 47.6 cm³/mol. The van der Waals surface area contributed by atoms with Crippen LogP contribution in [0.25, 0.3) is 0 Å². The maximum atomic E-state index is 11.0. The first kappa shape index (κ1) is 11.9. The van der Waals surface area contributed by atoms with E-state index in [0.717, 1.165) is 0 Å². The Morgan fingerprint density at radius 3 is 2.31 bits per heavy atom. The predicted octanol–water partition coefficient (Wildman–Crippen LogP) is -0.612. The first-order chi connectivity index (χ1) is 5.93. The van der Waals surface area contributed by atoms with Gasteiger partial charge in [-0.1, -0.05) is 13.8 Å². The van der Waals surface area contributed by atoms with Crippen LogP contribution in [0.15, 0.2) is 0 Å². The average molecular weight is 188 g/mol. The molecule has 0 bridgehead atoms. The molecule has 0 radical (unpaired) electrons. The molecular formula is C8H16N2O3. The summed E-state index contributed by atoms with van der Waals surface area (Å²) in [7, 11) is 0. The van der Waals surface area contributed by atoms with Crippen LogP contribution in [0.3, 0.4) is 0 Å². The summed E-state index contributed by atoms with van der Waals surface area (Å²) < 4.78 is 4.53. The van der Waals surface area contributed by atoms with E-state index in [1.54, 1.807) is 0 Å². The van der Waals surface area contributed by atoms with Crippen molar-refractivity contribution in [3.05, 3.63) is 0 Å². The summed E-state index contributed by atoms with van der Waals surface area (Å²) >= 11 is 0. The fourth-order valence-electron chi connectivity index (χ4n) is 0.853. The van der Waals surface area contributed by atoms with Crippen LogP contribution in [-0.2, 0) is 14.3 Å². The van der Waals surface area contributed by atoms with Crippen LogP contribution >= 0.6 is 0 Å². The van der Waals surface area contributed by atoms with E-state index in [1.165, 1.54) is 0 Å². The molecule has 13 heavy (non-hydrogen) atoms. The van der Waals surface area contributed by atoms with Crippen LogP contribution in [0, 0.1) is 5.92 Å². The Morgan fingerprint density at radius 2 is 1.92 bits per heavy atom. The maximum absolute atomic E-state index is 11.0. The molecule has 0 spiro atoms. The minimum Gasteiger partial charge on any atom is -0.454 e. The highest BCUT2D eigenvalue weighted by Gasteiger charge is 2.16. The summed E-state index contributed by atoms with van der Waals surface area (Å²) in [6.45, 7) is 3.49. The highest BCUT2D eigenvalue weighted by molar-refractivity contribution is 5.81. The molecule has 0 aliphatic carbocycles. The van der Waals surface area contributed by atoms with Gasteiger partial charge < -0.3 is 16.2 Å². The standard InChI is InChI=1S/C8H16N2O3/c1-5(2)3-6(9)8(12)13-4-7(10)11/h5-6H,3-4,9H2,1-2H3,(H2,10,11)/t6-/m0/s1. The molecule has 5 heteroatoms. The van der Waals surface area contributed by atoms with Crippen LogP contribution in [0.5, 0.6) is 0 Å². The zero-order chi connectivity index (χ0) is 10.4. The summed E-state index contributed by atoms with van der Waals surface area (Å²) in [5.74, 6) is -0.936. The van der Waals surface area contributed by atoms with Crippen molar-refractivity contribution in [3.8, 4) is 0 Å². The molecule has 0 saturated carbocycles. The Balaban J connectivity index is 3.76. The second-order valence-corrected chi connectivity index (χ2v) is 3.31. The maximum Gasteiger partial charge on any atom is 0.323 e. The molecule has 0 saturated heterocycles. The summed E-state index contributed by atoms with van der Waals surface area (Å²) in [6, 6.07) is -0.667. The normalized spacial score (nSPS) is 12.6. The van der Waals surface area contributed by atoms with Crippen LogP contribution in [-0.4, -0.2) is 24.5 Å². The lowest BCUT2D eigenvalue weighted by molar-refractivity contribution is -0.149. The molecule has 0 heterocycles. The Hall–Kier alpha value is -1.10. The highest BCUT2D eigenvalue weighted by atomic mass is 16.5. The number of hydrogen-bond donors (Lipinski definition) is 2. The molecule has 1 atom stereocenters. The molecular weight excluding hydrogens is 172 g/mol. The van der Waals surface area contributed by atoms with Gasteiger partial charge in [0.2, 0.25) is 0 Å². The third-order valence-corrected chi connectivity index (χ3v) is 1.38. The van der Waals surface area contributed by atoms with E-state index in [4.69, 9.17) is 11.5 Å². The zero-order valence-electron chi connectivity index (χ0n) is 7.95. The molecule has 4 N–H and O–H groups in total. The SMILES string of the molecule is CC(C)C[C@H](N)C(=O)OCC(N)=O. The largest absolute Gasteiger partial charge is 0.454 e. The highest BCUT2D eigenvalue weighted by Crippen LogP contribution is 2.03. The number of nitrogens with two attached hydrogens (primary N) is 2. The van der Waals surface area contributed by atoms with E-state index < -0.39 is 24.5 Å². The van der Waals surface area contributed by atoms with Crippen molar-refractivity contribution in [1.29, 1.82) is 0 Å². The van der Waals surface area contributed by atoms with Gasteiger partial charge in [0.1, 0.15) is 6.04 Å². The molecule has 5 nitrogen and oxygen atoms in total. The molecule has 0 aliphatic heterocycles. The molecule has 0 aromatic rings. The number of rotatable bonds is 5. The van der Waals surface area contributed by atoms with E-state index in [-0.39, 0.29) is 0 Å². The quantitative estimate of drug-likeness (QED) is 0.562. The lowest BCUT2D eigenvalue weighted by atomic mass is 10.1. The van der Waals surface area contributed by atoms with Crippen molar-refractivity contribution >= 4 is 11.9 Å². The van der Waals surface area contributed by atoms with Crippen molar-refractivity contribution in [1.82, 2.24) is 0 Å². The van der Waals surface area contributed by atoms with Crippen LogP contribution in [0.4, 0.5) is 0 Å². The second-order valence-electron chi connectivity index (χ2n) is 3.31. The number of primary amides is 1. The van der Waals surface area contributed by atoms with Gasteiger partial charge in [-0.25, -0.2) is 0 Å². The Labute approximate surface area is 77.4 Å². The number of carbonyl (C=O) groups excluding carboxylic acids is 2. The van der Waals surface area contributed by atoms with Gasteiger partial charge in [-0.15, -0.1) is 0 Å². The lowest BCUT2D eigenvalue weighted by Crippen LogP contribution is -2.35. The number of carbonyl (C=O) groups is 2. The fraction of sp³-hybridized carbons (Fsp3) is 0.750. The van der Waals surface area contributed by atoms with Crippen molar-refractivity contribution in [2.45, 2.75) is 26.3 Å². The van der Waals surface area contributed by atoms with E-state index in [9.17, 15) is 9.59 Å². The lowest BCUT2D eigenvalue weighted by Gasteiger charge is -2.12. The van der Waals surface area contributed by atoms with E-state index in [1.807, 2.05) is 13.8 Å². The molecule has 76 valence electrons. The third-order valence-electron chi connectivity index (χ3n) is 1.38. The van der Waals surface area contributed by atoms with Gasteiger partial charge in [0, 0.05) is 0 Å². The molecule has 0 aliphatic rings. The molecule has 0 rings (SSSR count). The molecule has 0 unspecified atom stereocenters. The van der Waals surface area contributed by atoms with Gasteiger partial charge in [0.25, 0.3) is 5.91 Å². The van der Waals surface area contributed by atoms with E-state index in [0.29, 0.717) is 12.3 Å². The van der Waals surface area contributed by atoms with Gasteiger partial charge in [0.05, 0.1) is 0 Å². The summed E-state index contributed by atoms with van der Waals surface area (Å²) in [4.78, 5) is 21.3. The monoisotopic (exact) mass is 188 g/mol. The molecule has 1 amide bonds. The van der Waals surface area contributed by atoms with Crippen molar-refractivity contribution in [3.63, 3.8) is 0 Å². The van der Waals surface area contributed by atoms with E-state index in [2.05, 4.69) is 4.74 Å². The summed E-state index contributed by atoms with van der Waals surface area (Å²) in [5.41, 5.74) is 10.3. The first-order valence-corrected chi connectivity index (χ1v) is 4.14. The van der Waals surface area contributed by atoms with Gasteiger partial charge in [-0.3, -0.25) is 9.59 Å². The third kappa shape index (κ3) is 6.10. The van der Waals surface area contributed by atoms with Crippen LogP contribution < -0.4 is 11.5 Å². The Kier molecular flexibility index (Phi) is 5.06. The zero-order valence-corrected chi connectivity index (χ0v) is 7.95. The number of ether oxygens (including phenoxy) is 1. The Bertz CT molecular complexity index is 192. The van der Waals surface area contributed by atoms with Gasteiger partial charge in [-0.2, -0.15) is 0 Å². The number of hydrogen-bond acceptors (Lipinski definition) is 4. The smallest absolute Gasteiger partial charge is 0.323 e. The number of esters is 1. The second kappa shape index (κ2) is 5.53. The number of amides is 1. The van der Waals surface area contributed by atoms with Gasteiger partial charge in [-0.05, 0) is 12.3 Å². The van der Waals surface area contributed by atoms with Crippen molar-refractivity contribution < 1.29 is 14.3 Å². The molecule has 0 fully saturated rings. The summed E-state index contributed by atoms with van der Waals surface area (Å²) in [6.07, 6.45) is 0.539. The van der Waals surface area contributed by atoms with Gasteiger partial charge in [0.15, 0.2) is 6.61 Å². The average Bonchev–Trinajstić information content (AvgIpc) is 1.98. The minimum atomic E-state index is -0.676. The molecule has 0 aromatic carbocycles.